The Balaban J connectivity index is 2.29. The first-order valence-corrected chi connectivity index (χ1v) is 4.14. The molecule has 0 aromatic rings. The molecule has 0 heterocycles. The summed E-state index contributed by atoms with van der Waals surface area (Å²) in [7, 11) is 0. The molecule has 4 heteroatoms. The quantitative estimate of drug-likeness (QED) is 0.602. The minimum atomic E-state index is -0.0324. The second-order valence-corrected chi connectivity index (χ2v) is 3.19. The van der Waals surface area contributed by atoms with Crippen LogP contribution in [0.4, 0.5) is 0 Å². The van der Waals surface area contributed by atoms with Gasteiger partial charge in [0.15, 0.2) is 0 Å². The van der Waals surface area contributed by atoms with Gasteiger partial charge in [-0.05, 0) is 12.8 Å². The lowest BCUT2D eigenvalue weighted by Crippen LogP contribution is -2.57. The first kappa shape index (κ1) is 9.03. The Morgan fingerprint density at radius 3 is 1.50 bits per heavy atom. The van der Waals surface area contributed by atoms with Crippen LogP contribution in [0.25, 0.3) is 0 Å². The predicted molar refractivity (Wildman–Crippen MR) is 44.4 cm³/mol. The Hall–Kier alpha value is -1.06. The number of hydrogen-bond donors (Lipinski definition) is 2. The molecule has 68 valence electrons. The van der Waals surface area contributed by atoms with Gasteiger partial charge in [-0.25, -0.2) is 0 Å². The van der Waals surface area contributed by atoms with E-state index >= 15 is 0 Å². The summed E-state index contributed by atoms with van der Waals surface area (Å²) in [5.41, 5.74) is 0. The molecule has 2 N–H and O–H groups in total. The summed E-state index contributed by atoms with van der Waals surface area (Å²) in [6, 6.07) is 0.290. The number of carbonyl (C=O) groups is 2. The molecule has 0 spiro atoms. The van der Waals surface area contributed by atoms with Crippen LogP contribution in [0.3, 0.4) is 0 Å². The van der Waals surface area contributed by atoms with E-state index < -0.39 is 0 Å². The monoisotopic (exact) mass is 170 g/mol. The van der Waals surface area contributed by atoms with Gasteiger partial charge in [-0.1, -0.05) is 0 Å². The van der Waals surface area contributed by atoms with E-state index in [9.17, 15) is 9.59 Å². The maximum absolute atomic E-state index is 10.7. The van der Waals surface area contributed by atoms with Crippen molar-refractivity contribution in [1.82, 2.24) is 10.6 Å². The molecule has 0 aliphatic heterocycles. The summed E-state index contributed by atoms with van der Waals surface area (Å²) in [5, 5.41) is 5.56. The summed E-state index contributed by atoms with van der Waals surface area (Å²) in [5.74, 6) is -0.0647. The van der Waals surface area contributed by atoms with Gasteiger partial charge in [-0.15, -0.1) is 0 Å². The van der Waals surface area contributed by atoms with E-state index in [0.29, 0.717) is 0 Å². The summed E-state index contributed by atoms with van der Waals surface area (Å²) >= 11 is 0. The zero-order valence-corrected chi connectivity index (χ0v) is 7.39. The molecular formula is C8H14N2O2. The van der Waals surface area contributed by atoms with Crippen molar-refractivity contribution in [2.24, 2.45) is 0 Å². The lowest BCUT2D eigenvalue weighted by molar-refractivity contribution is -0.123. The highest BCUT2D eigenvalue weighted by Crippen LogP contribution is 2.19. The van der Waals surface area contributed by atoms with E-state index in [-0.39, 0.29) is 23.9 Å². The van der Waals surface area contributed by atoms with Crippen LogP contribution in [0.1, 0.15) is 26.7 Å². The van der Waals surface area contributed by atoms with Crippen LogP contribution in [-0.4, -0.2) is 23.9 Å². The number of nitrogens with one attached hydrogen (secondary N) is 2. The van der Waals surface area contributed by atoms with Crippen LogP contribution in [0, 0.1) is 0 Å². The lowest BCUT2D eigenvalue weighted by Gasteiger charge is -2.37. The third-order valence-electron chi connectivity index (χ3n) is 2.05. The maximum Gasteiger partial charge on any atom is 0.217 e. The third-order valence-corrected chi connectivity index (χ3v) is 2.05. The molecule has 12 heavy (non-hydrogen) atoms. The normalized spacial score (nSPS) is 27.2. The van der Waals surface area contributed by atoms with Crippen LogP contribution in [-0.2, 0) is 9.59 Å². The standard InChI is InChI=1S/C8H14N2O2/c1-5(11)9-7-3-4-8(7)10-6(2)12/h7-8H,3-4H2,1-2H3,(H,9,11)(H,10,12). The van der Waals surface area contributed by atoms with Crippen LogP contribution >= 0.6 is 0 Å². The molecule has 0 aromatic heterocycles. The number of rotatable bonds is 2. The fraction of sp³-hybridized carbons (Fsp3) is 0.750. The third kappa shape index (κ3) is 2.22. The maximum atomic E-state index is 10.7. The first-order chi connectivity index (χ1) is 5.59. The smallest absolute Gasteiger partial charge is 0.217 e. The minimum absolute atomic E-state index is 0.0324. The van der Waals surface area contributed by atoms with E-state index in [1.807, 2.05) is 0 Å². The predicted octanol–water partition coefficient (Wildman–Crippen LogP) is -0.210. The highest BCUT2D eigenvalue weighted by molar-refractivity contribution is 5.75. The van der Waals surface area contributed by atoms with Crippen LogP contribution in [0.2, 0.25) is 0 Å². The highest BCUT2D eigenvalue weighted by Gasteiger charge is 2.31. The van der Waals surface area contributed by atoms with Gasteiger partial charge < -0.3 is 10.6 Å². The van der Waals surface area contributed by atoms with Crippen molar-refractivity contribution in [1.29, 1.82) is 0 Å². The van der Waals surface area contributed by atoms with Crippen LogP contribution in [0.15, 0.2) is 0 Å². The summed E-state index contributed by atoms with van der Waals surface area (Å²) < 4.78 is 0. The van der Waals surface area contributed by atoms with Gasteiger partial charge in [0, 0.05) is 25.9 Å². The van der Waals surface area contributed by atoms with Crippen molar-refractivity contribution in [3.63, 3.8) is 0 Å². The fourth-order valence-electron chi connectivity index (χ4n) is 1.37. The number of carbonyl (C=O) groups excluding carboxylic acids is 2. The molecule has 0 radical (unpaired) electrons. The molecular weight excluding hydrogens is 156 g/mol. The summed E-state index contributed by atoms with van der Waals surface area (Å²) in [6.07, 6.45) is 1.93. The van der Waals surface area contributed by atoms with Crippen molar-refractivity contribution in [2.45, 2.75) is 38.8 Å². The van der Waals surface area contributed by atoms with E-state index in [1.54, 1.807) is 0 Å². The van der Waals surface area contributed by atoms with E-state index in [2.05, 4.69) is 10.6 Å². The second-order valence-electron chi connectivity index (χ2n) is 3.19. The molecule has 0 bridgehead atoms. The van der Waals surface area contributed by atoms with E-state index in [4.69, 9.17) is 0 Å². The molecule has 1 fully saturated rings. The lowest BCUT2D eigenvalue weighted by atomic mass is 9.86. The number of hydrogen-bond acceptors (Lipinski definition) is 2. The molecule has 0 saturated heterocycles. The molecule has 1 aliphatic carbocycles. The molecule has 2 unspecified atom stereocenters. The highest BCUT2D eigenvalue weighted by atomic mass is 16.2. The van der Waals surface area contributed by atoms with Gasteiger partial charge in [-0.2, -0.15) is 0 Å². The van der Waals surface area contributed by atoms with Gasteiger partial charge in [-0.3, -0.25) is 9.59 Å². The van der Waals surface area contributed by atoms with Gasteiger partial charge in [0.05, 0.1) is 0 Å². The zero-order valence-electron chi connectivity index (χ0n) is 7.39. The topological polar surface area (TPSA) is 58.2 Å². The van der Waals surface area contributed by atoms with E-state index in [0.717, 1.165) is 12.8 Å². The van der Waals surface area contributed by atoms with E-state index in [1.165, 1.54) is 13.8 Å². The molecule has 2 amide bonds. The average Bonchev–Trinajstić information content (AvgIpc) is 1.93. The van der Waals surface area contributed by atoms with Crippen LogP contribution in [0.5, 0.6) is 0 Å². The Morgan fingerprint density at radius 2 is 1.33 bits per heavy atom. The molecule has 0 aromatic carbocycles. The van der Waals surface area contributed by atoms with Crippen molar-refractivity contribution in [2.75, 3.05) is 0 Å². The van der Waals surface area contributed by atoms with Crippen LogP contribution < -0.4 is 10.6 Å². The van der Waals surface area contributed by atoms with Crippen molar-refractivity contribution >= 4 is 11.8 Å². The van der Waals surface area contributed by atoms with Gasteiger partial charge in [0.25, 0.3) is 0 Å². The molecule has 2 atom stereocenters. The van der Waals surface area contributed by atoms with Gasteiger partial charge >= 0.3 is 0 Å². The van der Waals surface area contributed by atoms with Crippen molar-refractivity contribution in [3.8, 4) is 0 Å². The Kier molecular flexibility index (Phi) is 2.68. The Bertz CT molecular complexity index is 181. The summed E-state index contributed by atoms with van der Waals surface area (Å²) in [6.45, 7) is 2.98. The fourth-order valence-corrected chi connectivity index (χ4v) is 1.37. The minimum Gasteiger partial charge on any atom is -0.352 e. The van der Waals surface area contributed by atoms with Crippen molar-refractivity contribution in [3.05, 3.63) is 0 Å². The molecule has 1 saturated carbocycles. The molecule has 4 nitrogen and oxygen atoms in total. The van der Waals surface area contributed by atoms with Gasteiger partial charge in [0.2, 0.25) is 11.8 Å². The summed E-state index contributed by atoms with van der Waals surface area (Å²) in [4.78, 5) is 21.3. The SMILES string of the molecule is CC(=O)NC1CCC1NC(C)=O. The Morgan fingerprint density at radius 1 is 1.00 bits per heavy atom. The zero-order chi connectivity index (χ0) is 9.14. The molecule has 1 aliphatic rings. The second kappa shape index (κ2) is 3.56. The largest absolute Gasteiger partial charge is 0.352 e. The van der Waals surface area contributed by atoms with Gasteiger partial charge in [0.1, 0.15) is 0 Å². The average molecular weight is 170 g/mol. The van der Waals surface area contributed by atoms with Crippen molar-refractivity contribution < 1.29 is 9.59 Å². The Labute approximate surface area is 71.7 Å². The first-order valence-electron chi connectivity index (χ1n) is 4.14. The number of amides is 2. The molecule has 1 rings (SSSR count).